The van der Waals surface area contributed by atoms with Crippen LogP contribution < -0.4 is 4.72 Å². The molecule has 1 aromatic heterocycles. The smallest absolute Gasteiger partial charge is 0.298 e. The molecular weight excluding hydrogens is 228 g/mol. The maximum atomic E-state index is 11.7. The first-order valence-corrected chi connectivity index (χ1v) is 6.06. The molecule has 0 saturated carbocycles. The number of benzene rings is 1. The van der Waals surface area contributed by atoms with E-state index in [2.05, 4.69) is 14.4 Å². The molecule has 0 aliphatic heterocycles. The Morgan fingerprint density at radius 3 is 2.75 bits per heavy atom. The average molecular weight is 238 g/mol. The number of anilines is 1. The Morgan fingerprint density at radius 1 is 1.31 bits per heavy atom. The average Bonchev–Trinajstić information content (AvgIpc) is 2.69. The summed E-state index contributed by atoms with van der Waals surface area (Å²) >= 11 is 0. The van der Waals surface area contributed by atoms with E-state index in [9.17, 15) is 8.42 Å². The zero-order valence-electron chi connectivity index (χ0n) is 8.54. The molecule has 0 aliphatic rings. The summed E-state index contributed by atoms with van der Waals surface area (Å²) in [5, 5.41) is 3.15. The number of nitrogens with zero attached hydrogens (tertiary/aromatic N) is 1. The van der Waals surface area contributed by atoms with Crippen molar-refractivity contribution in [1.82, 2.24) is 5.16 Å². The van der Waals surface area contributed by atoms with E-state index in [0.29, 0.717) is 5.69 Å². The molecule has 1 heterocycles. The van der Waals surface area contributed by atoms with Gasteiger partial charge in [0.25, 0.3) is 15.1 Å². The number of hydrogen-bond acceptors (Lipinski definition) is 4. The molecule has 16 heavy (non-hydrogen) atoms. The van der Waals surface area contributed by atoms with E-state index in [0.717, 1.165) is 5.56 Å². The van der Waals surface area contributed by atoms with E-state index in [1.807, 2.05) is 13.0 Å². The van der Waals surface area contributed by atoms with Gasteiger partial charge in [-0.1, -0.05) is 17.3 Å². The van der Waals surface area contributed by atoms with Crippen LogP contribution in [0.3, 0.4) is 0 Å². The molecule has 2 rings (SSSR count). The zero-order chi connectivity index (χ0) is 11.6. The zero-order valence-corrected chi connectivity index (χ0v) is 9.36. The molecule has 1 aromatic carbocycles. The molecule has 2 aromatic rings. The Balaban J connectivity index is 2.29. The van der Waals surface area contributed by atoms with Gasteiger partial charge in [0.05, 0.1) is 6.20 Å². The lowest BCUT2D eigenvalue weighted by atomic mass is 10.2. The molecule has 0 aliphatic carbocycles. The van der Waals surface area contributed by atoms with Crippen molar-refractivity contribution in [1.29, 1.82) is 0 Å². The van der Waals surface area contributed by atoms with Gasteiger partial charge in [-0.3, -0.25) is 4.72 Å². The summed E-state index contributed by atoms with van der Waals surface area (Å²) in [4.78, 5) is 0. The van der Waals surface area contributed by atoms with Crippen LogP contribution in [0.1, 0.15) is 5.56 Å². The van der Waals surface area contributed by atoms with Gasteiger partial charge in [0.15, 0.2) is 0 Å². The Kier molecular flexibility index (Phi) is 2.66. The quantitative estimate of drug-likeness (QED) is 0.884. The van der Waals surface area contributed by atoms with Crippen molar-refractivity contribution in [3.63, 3.8) is 0 Å². The topological polar surface area (TPSA) is 72.2 Å². The first-order chi connectivity index (χ1) is 7.58. The van der Waals surface area contributed by atoms with E-state index in [1.54, 1.807) is 18.2 Å². The third kappa shape index (κ3) is 2.22. The number of aromatic nitrogens is 1. The molecule has 0 radical (unpaired) electrons. The highest BCUT2D eigenvalue weighted by atomic mass is 32.2. The van der Waals surface area contributed by atoms with E-state index in [-0.39, 0.29) is 5.09 Å². The van der Waals surface area contributed by atoms with Crippen LogP contribution >= 0.6 is 0 Å². The normalized spacial score (nSPS) is 11.3. The van der Waals surface area contributed by atoms with Crippen LogP contribution in [-0.4, -0.2) is 13.6 Å². The number of rotatable bonds is 3. The van der Waals surface area contributed by atoms with Crippen molar-refractivity contribution < 1.29 is 12.9 Å². The summed E-state index contributed by atoms with van der Waals surface area (Å²) in [7, 11) is -3.67. The van der Waals surface area contributed by atoms with Crippen LogP contribution in [0.2, 0.25) is 0 Å². The second-order valence-corrected chi connectivity index (χ2v) is 4.92. The first kappa shape index (κ1) is 10.7. The minimum atomic E-state index is -3.67. The van der Waals surface area contributed by atoms with Gasteiger partial charge in [-0.25, -0.2) is 0 Å². The van der Waals surface area contributed by atoms with Crippen LogP contribution in [0, 0.1) is 6.92 Å². The molecule has 6 heteroatoms. The summed E-state index contributed by atoms with van der Waals surface area (Å²) in [6, 6.07) is 8.34. The molecule has 0 bridgehead atoms. The van der Waals surface area contributed by atoms with E-state index in [4.69, 9.17) is 0 Å². The van der Waals surface area contributed by atoms with Crippen LogP contribution in [0.25, 0.3) is 0 Å². The van der Waals surface area contributed by atoms with Gasteiger partial charge in [-0.05, 0) is 24.6 Å². The van der Waals surface area contributed by atoms with Gasteiger partial charge >= 0.3 is 0 Å². The molecular formula is C10H10N2O3S. The second-order valence-electron chi connectivity index (χ2n) is 3.31. The summed E-state index contributed by atoms with van der Waals surface area (Å²) in [5.41, 5.74) is 1.47. The van der Waals surface area contributed by atoms with Gasteiger partial charge in [0, 0.05) is 11.8 Å². The fourth-order valence-corrected chi connectivity index (χ4v) is 2.18. The molecule has 0 amide bonds. The highest BCUT2D eigenvalue weighted by Gasteiger charge is 2.17. The minimum absolute atomic E-state index is 0.200. The lowest BCUT2D eigenvalue weighted by Gasteiger charge is -2.05. The predicted molar refractivity (Wildman–Crippen MR) is 58.5 cm³/mol. The van der Waals surface area contributed by atoms with Gasteiger partial charge in [0.1, 0.15) is 0 Å². The van der Waals surface area contributed by atoms with Gasteiger partial charge in [-0.2, -0.15) is 8.42 Å². The molecule has 0 unspecified atom stereocenters. The van der Waals surface area contributed by atoms with Gasteiger partial charge < -0.3 is 4.52 Å². The van der Waals surface area contributed by atoms with Crippen molar-refractivity contribution in [3.8, 4) is 0 Å². The maximum absolute atomic E-state index is 11.7. The van der Waals surface area contributed by atoms with Crippen molar-refractivity contribution >= 4 is 15.7 Å². The Hall–Kier alpha value is -1.82. The largest absolute Gasteiger partial charge is 0.343 e. The van der Waals surface area contributed by atoms with Crippen LogP contribution in [-0.2, 0) is 10.0 Å². The number of sulfonamides is 1. The standard InChI is InChI=1S/C10H10N2O3S/c1-8-3-2-4-9(7-8)12-16(13,14)10-5-6-11-15-10/h2-7,12H,1H3. The molecule has 5 nitrogen and oxygen atoms in total. The molecule has 0 atom stereocenters. The lowest BCUT2D eigenvalue weighted by Crippen LogP contribution is -2.12. The maximum Gasteiger partial charge on any atom is 0.298 e. The first-order valence-electron chi connectivity index (χ1n) is 4.58. The molecule has 84 valence electrons. The fraction of sp³-hybridized carbons (Fsp3) is 0.100. The number of nitrogens with one attached hydrogen (secondary N) is 1. The monoisotopic (exact) mass is 238 g/mol. The summed E-state index contributed by atoms with van der Waals surface area (Å²) in [6.07, 6.45) is 1.28. The van der Waals surface area contributed by atoms with Crippen LogP contribution in [0.5, 0.6) is 0 Å². The summed E-state index contributed by atoms with van der Waals surface area (Å²) in [6.45, 7) is 1.88. The molecule has 0 saturated heterocycles. The van der Waals surface area contributed by atoms with Crippen molar-refractivity contribution in [3.05, 3.63) is 42.1 Å². The minimum Gasteiger partial charge on any atom is -0.343 e. The van der Waals surface area contributed by atoms with E-state index in [1.165, 1.54) is 12.3 Å². The van der Waals surface area contributed by atoms with Gasteiger partial charge in [-0.15, -0.1) is 0 Å². The highest BCUT2D eigenvalue weighted by molar-refractivity contribution is 7.92. The molecule has 0 spiro atoms. The summed E-state index contributed by atoms with van der Waals surface area (Å²) in [5.74, 6) is 0. The third-order valence-corrected chi connectivity index (χ3v) is 3.19. The molecule has 0 fully saturated rings. The van der Waals surface area contributed by atoms with E-state index >= 15 is 0 Å². The third-order valence-electron chi connectivity index (χ3n) is 1.95. The van der Waals surface area contributed by atoms with Crippen molar-refractivity contribution in [2.24, 2.45) is 0 Å². The summed E-state index contributed by atoms with van der Waals surface area (Å²) < 4.78 is 30.5. The van der Waals surface area contributed by atoms with Crippen molar-refractivity contribution in [2.75, 3.05) is 4.72 Å². The fourth-order valence-electron chi connectivity index (χ4n) is 1.26. The number of hydrogen-bond donors (Lipinski definition) is 1. The van der Waals surface area contributed by atoms with Crippen molar-refractivity contribution in [2.45, 2.75) is 12.0 Å². The van der Waals surface area contributed by atoms with E-state index < -0.39 is 10.0 Å². The lowest BCUT2D eigenvalue weighted by molar-refractivity contribution is 0.340. The predicted octanol–water partition coefficient (Wildman–Crippen LogP) is 1.78. The SMILES string of the molecule is Cc1cccc(NS(=O)(=O)c2ccno2)c1. The Morgan fingerprint density at radius 2 is 2.12 bits per heavy atom. The second kappa shape index (κ2) is 3.97. The van der Waals surface area contributed by atoms with Gasteiger partial charge in [0.2, 0.25) is 0 Å². The molecule has 1 N–H and O–H groups in total. The van der Waals surface area contributed by atoms with Crippen LogP contribution in [0.4, 0.5) is 5.69 Å². The Bertz CT molecular complexity index is 576. The number of aryl methyl sites for hydroxylation is 1. The highest BCUT2D eigenvalue weighted by Crippen LogP contribution is 2.16. The van der Waals surface area contributed by atoms with Crippen LogP contribution in [0.15, 0.2) is 46.1 Å². The Labute approximate surface area is 93.1 Å².